The molecule has 2 rings (SSSR count). The third-order valence-corrected chi connectivity index (χ3v) is 2.48. The van der Waals surface area contributed by atoms with Gasteiger partial charge in [-0.15, -0.1) is 0 Å². The SMILES string of the molecule is NCc1cc(CN2C(=O)COCC2=O)ccn1. The predicted molar refractivity (Wildman–Crippen MR) is 58.5 cm³/mol. The molecule has 90 valence electrons. The fourth-order valence-electron chi connectivity index (χ4n) is 1.62. The number of morpholine rings is 1. The lowest BCUT2D eigenvalue weighted by Gasteiger charge is -2.24. The van der Waals surface area contributed by atoms with Crippen LogP contribution in [0.5, 0.6) is 0 Å². The zero-order valence-corrected chi connectivity index (χ0v) is 9.26. The summed E-state index contributed by atoms with van der Waals surface area (Å²) in [4.78, 5) is 28.3. The van der Waals surface area contributed by atoms with Crippen molar-refractivity contribution >= 4 is 11.8 Å². The molecule has 2 N–H and O–H groups in total. The number of ether oxygens (including phenoxy) is 1. The summed E-state index contributed by atoms with van der Waals surface area (Å²) in [5.74, 6) is -0.625. The number of imide groups is 1. The molecule has 0 unspecified atom stereocenters. The second-order valence-corrected chi connectivity index (χ2v) is 3.73. The van der Waals surface area contributed by atoms with Crippen molar-refractivity contribution in [3.63, 3.8) is 0 Å². The number of hydrogen-bond donors (Lipinski definition) is 1. The average Bonchev–Trinajstić information content (AvgIpc) is 2.34. The first-order chi connectivity index (χ1) is 8.20. The van der Waals surface area contributed by atoms with Gasteiger partial charge in [-0.3, -0.25) is 19.5 Å². The monoisotopic (exact) mass is 235 g/mol. The summed E-state index contributed by atoms with van der Waals surface area (Å²) in [6.45, 7) is 0.497. The number of rotatable bonds is 3. The van der Waals surface area contributed by atoms with Crippen LogP contribution in [0.2, 0.25) is 0 Å². The Bertz CT molecular complexity index is 431. The Balaban J connectivity index is 2.13. The highest BCUT2D eigenvalue weighted by Gasteiger charge is 2.26. The maximum Gasteiger partial charge on any atom is 0.255 e. The second kappa shape index (κ2) is 5.03. The van der Waals surface area contributed by atoms with E-state index in [1.807, 2.05) is 0 Å². The first-order valence-electron chi connectivity index (χ1n) is 5.25. The molecule has 1 aromatic rings. The van der Waals surface area contributed by atoms with Crippen LogP contribution in [-0.2, 0) is 27.4 Å². The summed E-state index contributed by atoms with van der Waals surface area (Å²) in [5.41, 5.74) is 7.05. The van der Waals surface area contributed by atoms with Gasteiger partial charge in [-0.25, -0.2) is 0 Å². The molecule has 1 aliphatic rings. The number of nitrogens with two attached hydrogens (primary N) is 1. The van der Waals surface area contributed by atoms with E-state index >= 15 is 0 Å². The Labute approximate surface area is 98.4 Å². The largest absolute Gasteiger partial charge is 0.362 e. The molecule has 2 amide bonds. The van der Waals surface area contributed by atoms with Crippen LogP contribution in [0.1, 0.15) is 11.3 Å². The molecule has 0 aliphatic carbocycles. The average molecular weight is 235 g/mol. The molecule has 1 aromatic heterocycles. The second-order valence-electron chi connectivity index (χ2n) is 3.73. The predicted octanol–water partition coefficient (Wildman–Crippen LogP) is -0.574. The Morgan fingerprint density at radius 1 is 1.35 bits per heavy atom. The lowest BCUT2D eigenvalue weighted by molar-refractivity contribution is -0.159. The summed E-state index contributed by atoms with van der Waals surface area (Å²) in [6, 6.07) is 3.55. The van der Waals surface area contributed by atoms with Crippen molar-refractivity contribution in [1.82, 2.24) is 9.88 Å². The lowest BCUT2D eigenvalue weighted by atomic mass is 10.2. The molecule has 6 heteroatoms. The van der Waals surface area contributed by atoms with Gasteiger partial charge in [0.2, 0.25) is 0 Å². The highest BCUT2D eigenvalue weighted by molar-refractivity contribution is 5.98. The minimum absolute atomic E-state index is 0.0411. The summed E-state index contributed by atoms with van der Waals surface area (Å²) in [6.07, 6.45) is 1.62. The maximum atomic E-state index is 11.5. The molecule has 1 aliphatic heterocycles. The van der Waals surface area contributed by atoms with Crippen LogP contribution in [0.4, 0.5) is 0 Å². The molecule has 2 heterocycles. The van der Waals surface area contributed by atoms with Crippen LogP contribution in [0.3, 0.4) is 0 Å². The molecule has 0 bridgehead atoms. The van der Waals surface area contributed by atoms with Crippen LogP contribution in [0.25, 0.3) is 0 Å². The molecule has 0 radical (unpaired) electrons. The van der Waals surface area contributed by atoms with Crippen molar-refractivity contribution in [2.75, 3.05) is 13.2 Å². The highest BCUT2D eigenvalue weighted by atomic mass is 16.5. The van der Waals surface area contributed by atoms with Gasteiger partial charge < -0.3 is 10.5 Å². The fourth-order valence-corrected chi connectivity index (χ4v) is 1.62. The molecule has 0 spiro atoms. The van der Waals surface area contributed by atoms with Crippen molar-refractivity contribution in [3.8, 4) is 0 Å². The van der Waals surface area contributed by atoms with E-state index < -0.39 is 0 Å². The van der Waals surface area contributed by atoms with Gasteiger partial charge in [-0.2, -0.15) is 0 Å². The van der Waals surface area contributed by atoms with Crippen LogP contribution in [0.15, 0.2) is 18.3 Å². The topological polar surface area (TPSA) is 85.5 Å². The number of aromatic nitrogens is 1. The summed E-state index contributed by atoms with van der Waals surface area (Å²) >= 11 is 0. The van der Waals surface area contributed by atoms with E-state index in [0.717, 1.165) is 11.3 Å². The summed E-state index contributed by atoms with van der Waals surface area (Å²) < 4.78 is 4.83. The van der Waals surface area contributed by atoms with Gasteiger partial charge in [0.05, 0.1) is 12.2 Å². The number of pyridine rings is 1. The minimum atomic E-state index is -0.313. The van der Waals surface area contributed by atoms with Gasteiger partial charge in [0.15, 0.2) is 0 Å². The Hall–Kier alpha value is -1.79. The van der Waals surface area contributed by atoms with Gasteiger partial charge in [0.25, 0.3) is 11.8 Å². The first-order valence-corrected chi connectivity index (χ1v) is 5.25. The van der Waals surface area contributed by atoms with Crippen LogP contribution < -0.4 is 5.73 Å². The van der Waals surface area contributed by atoms with E-state index in [-0.39, 0.29) is 31.6 Å². The van der Waals surface area contributed by atoms with Crippen molar-refractivity contribution in [2.24, 2.45) is 5.73 Å². The van der Waals surface area contributed by atoms with Crippen molar-refractivity contribution in [1.29, 1.82) is 0 Å². The molecule has 0 aromatic carbocycles. The van der Waals surface area contributed by atoms with Crippen molar-refractivity contribution < 1.29 is 14.3 Å². The Morgan fingerprint density at radius 2 is 2.06 bits per heavy atom. The smallest absolute Gasteiger partial charge is 0.255 e. The zero-order chi connectivity index (χ0) is 12.3. The molecule has 1 fully saturated rings. The Morgan fingerprint density at radius 3 is 2.71 bits per heavy atom. The van der Waals surface area contributed by atoms with Crippen molar-refractivity contribution in [3.05, 3.63) is 29.6 Å². The third-order valence-electron chi connectivity index (χ3n) is 2.48. The fraction of sp³-hybridized carbons (Fsp3) is 0.364. The summed E-state index contributed by atoms with van der Waals surface area (Å²) in [5, 5.41) is 0. The van der Waals surface area contributed by atoms with E-state index in [0.29, 0.717) is 6.54 Å². The number of nitrogens with zero attached hydrogens (tertiary/aromatic N) is 2. The standard InChI is InChI=1S/C11H13N3O3/c12-4-9-3-8(1-2-13-9)5-14-10(15)6-17-7-11(14)16/h1-3H,4-7,12H2. The van der Waals surface area contributed by atoms with Gasteiger partial charge in [0, 0.05) is 12.7 Å². The Kier molecular flexibility index (Phi) is 3.46. The van der Waals surface area contributed by atoms with E-state index in [2.05, 4.69) is 4.98 Å². The molecule has 0 saturated carbocycles. The lowest BCUT2D eigenvalue weighted by Crippen LogP contribution is -2.45. The molecular weight excluding hydrogens is 222 g/mol. The molecule has 0 atom stereocenters. The van der Waals surface area contributed by atoms with Crippen LogP contribution in [0, 0.1) is 0 Å². The zero-order valence-electron chi connectivity index (χ0n) is 9.26. The number of hydrogen-bond acceptors (Lipinski definition) is 5. The molecule has 17 heavy (non-hydrogen) atoms. The maximum absolute atomic E-state index is 11.5. The van der Waals surface area contributed by atoms with Crippen molar-refractivity contribution in [2.45, 2.75) is 13.1 Å². The quantitative estimate of drug-likeness (QED) is 0.709. The summed E-state index contributed by atoms with van der Waals surface area (Å²) in [7, 11) is 0. The van der Waals surface area contributed by atoms with E-state index in [4.69, 9.17) is 10.5 Å². The molecule has 6 nitrogen and oxygen atoms in total. The van der Waals surface area contributed by atoms with Gasteiger partial charge in [0.1, 0.15) is 13.2 Å². The normalized spacial score (nSPS) is 16.4. The number of carbonyl (C=O) groups excluding carboxylic acids is 2. The number of amides is 2. The highest BCUT2D eigenvalue weighted by Crippen LogP contribution is 2.09. The van der Waals surface area contributed by atoms with Crippen LogP contribution >= 0.6 is 0 Å². The molecular formula is C11H13N3O3. The van der Waals surface area contributed by atoms with Gasteiger partial charge >= 0.3 is 0 Å². The van der Waals surface area contributed by atoms with Gasteiger partial charge in [-0.05, 0) is 17.7 Å². The first kappa shape index (κ1) is 11.7. The third kappa shape index (κ3) is 2.66. The minimum Gasteiger partial charge on any atom is -0.362 e. The van der Waals surface area contributed by atoms with Gasteiger partial charge in [-0.1, -0.05) is 0 Å². The van der Waals surface area contributed by atoms with Crippen LogP contribution in [-0.4, -0.2) is 34.9 Å². The van der Waals surface area contributed by atoms with E-state index in [9.17, 15) is 9.59 Å². The van der Waals surface area contributed by atoms with E-state index in [1.54, 1.807) is 18.3 Å². The van der Waals surface area contributed by atoms with E-state index in [1.165, 1.54) is 4.90 Å². The number of carbonyl (C=O) groups is 2. The molecule has 1 saturated heterocycles.